The van der Waals surface area contributed by atoms with Crippen LogP contribution >= 0.6 is 11.3 Å². The average molecular weight is 398 g/mol. The summed E-state index contributed by atoms with van der Waals surface area (Å²) in [6.07, 6.45) is 0. The van der Waals surface area contributed by atoms with Gasteiger partial charge in [-0.15, -0.1) is 11.3 Å². The van der Waals surface area contributed by atoms with Crippen molar-refractivity contribution in [1.29, 1.82) is 0 Å². The molecule has 0 radical (unpaired) electrons. The second kappa shape index (κ2) is 9.23. The molecule has 3 aromatic rings. The van der Waals surface area contributed by atoms with Crippen LogP contribution in [0.15, 0.2) is 48.5 Å². The van der Waals surface area contributed by atoms with E-state index in [1.54, 1.807) is 13.2 Å². The number of hydrogen-bond acceptors (Lipinski definition) is 6. The highest BCUT2D eigenvalue weighted by Gasteiger charge is 2.13. The topological polar surface area (TPSA) is 69.7 Å². The highest BCUT2D eigenvalue weighted by atomic mass is 32.1. The molecule has 1 N–H and O–H groups in total. The molecule has 0 bridgehead atoms. The van der Waals surface area contributed by atoms with E-state index in [2.05, 4.69) is 10.3 Å². The number of carbonyl (C=O) groups excluding carboxylic acids is 1. The summed E-state index contributed by atoms with van der Waals surface area (Å²) in [6, 6.07) is 14.9. The van der Waals surface area contributed by atoms with E-state index in [-0.39, 0.29) is 12.5 Å². The Balaban J connectivity index is 1.63. The predicted octanol–water partition coefficient (Wildman–Crippen LogP) is 4.54. The van der Waals surface area contributed by atoms with Gasteiger partial charge < -0.3 is 14.2 Å². The van der Waals surface area contributed by atoms with E-state index >= 15 is 0 Å². The molecule has 0 saturated heterocycles. The monoisotopic (exact) mass is 398 g/mol. The van der Waals surface area contributed by atoms with E-state index < -0.39 is 0 Å². The largest absolute Gasteiger partial charge is 0.497 e. The number of thiazole rings is 1. The molecule has 0 unspecified atom stereocenters. The van der Waals surface area contributed by atoms with Gasteiger partial charge in [0.2, 0.25) is 0 Å². The first-order valence-corrected chi connectivity index (χ1v) is 9.68. The number of rotatable bonds is 8. The summed E-state index contributed by atoms with van der Waals surface area (Å²) < 4.78 is 16.3. The molecule has 6 nitrogen and oxygen atoms in total. The maximum Gasteiger partial charge on any atom is 0.264 e. The average Bonchev–Trinajstić information content (AvgIpc) is 3.07. The fraction of sp³-hybridized carbons (Fsp3) is 0.238. The van der Waals surface area contributed by atoms with Crippen molar-refractivity contribution in [2.24, 2.45) is 0 Å². The fourth-order valence-electron chi connectivity index (χ4n) is 2.61. The Labute approximate surface area is 168 Å². The summed E-state index contributed by atoms with van der Waals surface area (Å²) >= 11 is 1.43. The SMILES string of the molecule is CCOc1ccccc1OCC(=O)Nc1nc(-c2ccc(OC)cc2)c(C)s1. The number of benzene rings is 2. The van der Waals surface area contributed by atoms with Crippen molar-refractivity contribution in [3.05, 3.63) is 53.4 Å². The summed E-state index contributed by atoms with van der Waals surface area (Å²) in [6.45, 7) is 4.27. The van der Waals surface area contributed by atoms with Gasteiger partial charge in [-0.2, -0.15) is 0 Å². The van der Waals surface area contributed by atoms with Crippen molar-refractivity contribution in [2.75, 3.05) is 25.6 Å². The standard InChI is InChI=1S/C21H22N2O4S/c1-4-26-17-7-5-6-8-18(17)27-13-19(24)22-21-23-20(14(2)28-21)15-9-11-16(25-3)12-10-15/h5-12H,4,13H2,1-3H3,(H,22,23,24). The minimum absolute atomic E-state index is 0.124. The van der Waals surface area contributed by atoms with E-state index in [1.165, 1.54) is 11.3 Å². The van der Waals surface area contributed by atoms with Gasteiger partial charge in [0.15, 0.2) is 23.2 Å². The second-order valence-corrected chi connectivity index (χ2v) is 7.07. The maximum atomic E-state index is 12.3. The number of aryl methyl sites for hydroxylation is 1. The van der Waals surface area contributed by atoms with Gasteiger partial charge in [-0.1, -0.05) is 12.1 Å². The number of carbonyl (C=O) groups is 1. The van der Waals surface area contributed by atoms with Crippen LogP contribution in [-0.2, 0) is 4.79 Å². The minimum Gasteiger partial charge on any atom is -0.497 e. The van der Waals surface area contributed by atoms with Crippen LogP contribution < -0.4 is 19.5 Å². The number of nitrogens with zero attached hydrogens (tertiary/aromatic N) is 1. The van der Waals surface area contributed by atoms with Crippen molar-refractivity contribution < 1.29 is 19.0 Å². The Bertz CT molecular complexity index is 938. The van der Waals surface area contributed by atoms with Crippen molar-refractivity contribution in [3.8, 4) is 28.5 Å². The zero-order valence-electron chi connectivity index (χ0n) is 16.0. The molecular formula is C21H22N2O4S. The number of ether oxygens (including phenoxy) is 3. The predicted molar refractivity (Wildman–Crippen MR) is 111 cm³/mol. The molecule has 3 rings (SSSR count). The lowest BCUT2D eigenvalue weighted by Crippen LogP contribution is -2.20. The summed E-state index contributed by atoms with van der Waals surface area (Å²) in [4.78, 5) is 17.8. The second-order valence-electron chi connectivity index (χ2n) is 5.87. The van der Waals surface area contributed by atoms with Crippen molar-refractivity contribution in [2.45, 2.75) is 13.8 Å². The molecule has 2 aromatic carbocycles. The molecule has 0 aliphatic rings. The molecule has 1 amide bonds. The Hall–Kier alpha value is -3.06. The first-order chi connectivity index (χ1) is 13.6. The Kier molecular flexibility index (Phi) is 6.49. The van der Waals surface area contributed by atoms with Crippen LogP contribution in [-0.4, -0.2) is 31.2 Å². The Morgan fingerprint density at radius 3 is 2.39 bits per heavy atom. The summed E-state index contributed by atoms with van der Waals surface area (Å²) in [5.74, 6) is 1.66. The fourth-order valence-corrected chi connectivity index (χ4v) is 3.46. The maximum absolute atomic E-state index is 12.3. The van der Waals surface area contributed by atoms with Crippen LogP contribution in [0.25, 0.3) is 11.3 Å². The molecule has 146 valence electrons. The van der Waals surface area contributed by atoms with E-state index in [9.17, 15) is 4.79 Å². The number of anilines is 1. The number of methoxy groups -OCH3 is 1. The number of para-hydroxylation sites is 2. The van der Waals surface area contributed by atoms with Gasteiger partial charge in [-0.05, 0) is 50.2 Å². The first-order valence-electron chi connectivity index (χ1n) is 8.87. The molecule has 0 atom stereocenters. The van der Waals surface area contributed by atoms with Gasteiger partial charge in [0.1, 0.15) is 5.75 Å². The number of amides is 1. The molecule has 0 aliphatic carbocycles. The normalized spacial score (nSPS) is 10.4. The molecule has 0 aliphatic heterocycles. The van der Waals surface area contributed by atoms with Crippen LogP contribution in [0, 0.1) is 6.92 Å². The number of hydrogen-bond donors (Lipinski definition) is 1. The van der Waals surface area contributed by atoms with Gasteiger partial charge in [-0.25, -0.2) is 4.98 Å². The number of aromatic nitrogens is 1. The van der Waals surface area contributed by atoms with E-state index in [1.807, 2.05) is 56.3 Å². The third kappa shape index (κ3) is 4.80. The lowest BCUT2D eigenvalue weighted by atomic mass is 10.1. The summed E-state index contributed by atoms with van der Waals surface area (Å²) in [5, 5.41) is 3.33. The number of nitrogens with one attached hydrogen (secondary N) is 1. The van der Waals surface area contributed by atoms with Crippen LogP contribution in [0.1, 0.15) is 11.8 Å². The van der Waals surface area contributed by atoms with Gasteiger partial charge in [0.05, 0.1) is 19.4 Å². The van der Waals surface area contributed by atoms with Gasteiger partial charge in [0.25, 0.3) is 5.91 Å². The van der Waals surface area contributed by atoms with Gasteiger partial charge >= 0.3 is 0 Å². The van der Waals surface area contributed by atoms with E-state index in [0.717, 1.165) is 21.9 Å². The third-order valence-electron chi connectivity index (χ3n) is 3.91. The smallest absolute Gasteiger partial charge is 0.264 e. The third-order valence-corrected chi connectivity index (χ3v) is 4.80. The molecule has 1 heterocycles. The van der Waals surface area contributed by atoms with Gasteiger partial charge in [-0.3, -0.25) is 10.1 Å². The van der Waals surface area contributed by atoms with Crippen LogP contribution in [0.2, 0.25) is 0 Å². The quantitative estimate of drug-likeness (QED) is 0.603. The molecule has 7 heteroatoms. The zero-order chi connectivity index (χ0) is 19.9. The molecular weight excluding hydrogens is 376 g/mol. The molecule has 0 fully saturated rings. The lowest BCUT2D eigenvalue weighted by Gasteiger charge is -2.10. The molecule has 0 saturated carbocycles. The van der Waals surface area contributed by atoms with E-state index in [0.29, 0.717) is 23.2 Å². The van der Waals surface area contributed by atoms with Crippen molar-refractivity contribution >= 4 is 22.4 Å². The molecule has 28 heavy (non-hydrogen) atoms. The molecule has 0 spiro atoms. The van der Waals surface area contributed by atoms with Crippen LogP contribution in [0.3, 0.4) is 0 Å². The summed E-state index contributed by atoms with van der Waals surface area (Å²) in [7, 11) is 1.63. The van der Waals surface area contributed by atoms with E-state index in [4.69, 9.17) is 14.2 Å². The lowest BCUT2D eigenvalue weighted by molar-refractivity contribution is -0.118. The summed E-state index contributed by atoms with van der Waals surface area (Å²) in [5.41, 5.74) is 1.81. The van der Waals surface area contributed by atoms with Crippen molar-refractivity contribution in [3.63, 3.8) is 0 Å². The van der Waals surface area contributed by atoms with Crippen LogP contribution in [0.4, 0.5) is 5.13 Å². The zero-order valence-corrected chi connectivity index (χ0v) is 16.8. The van der Waals surface area contributed by atoms with Crippen LogP contribution in [0.5, 0.6) is 17.2 Å². The first kappa shape index (κ1) is 19.7. The Morgan fingerprint density at radius 1 is 1.07 bits per heavy atom. The Morgan fingerprint density at radius 2 is 1.75 bits per heavy atom. The van der Waals surface area contributed by atoms with Gasteiger partial charge in [0, 0.05) is 10.4 Å². The molecule has 1 aromatic heterocycles. The minimum atomic E-state index is -0.277. The van der Waals surface area contributed by atoms with Crippen molar-refractivity contribution in [1.82, 2.24) is 4.98 Å². The highest BCUT2D eigenvalue weighted by Crippen LogP contribution is 2.31. The highest BCUT2D eigenvalue weighted by molar-refractivity contribution is 7.16.